The van der Waals surface area contributed by atoms with Crippen LogP contribution in [0.15, 0.2) is 27.6 Å². The number of rotatable bonds is 3. The summed E-state index contributed by atoms with van der Waals surface area (Å²) in [6.07, 6.45) is -4.93. The van der Waals surface area contributed by atoms with E-state index in [0.717, 1.165) is 6.07 Å². The Morgan fingerprint density at radius 2 is 1.90 bits per heavy atom. The normalized spacial score (nSPS) is 17.4. The molecule has 21 heavy (non-hydrogen) atoms. The maximum absolute atomic E-state index is 12.8. The van der Waals surface area contributed by atoms with Gasteiger partial charge >= 0.3 is 6.18 Å². The van der Waals surface area contributed by atoms with Gasteiger partial charge in [-0.2, -0.15) is 13.2 Å². The monoisotopic (exact) mass is 386 g/mol. The van der Waals surface area contributed by atoms with Crippen molar-refractivity contribution in [3.63, 3.8) is 0 Å². The lowest BCUT2D eigenvalue weighted by Gasteiger charge is -2.20. The summed E-state index contributed by atoms with van der Waals surface area (Å²) in [7, 11) is -4.10. The van der Waals surface area contributed by atoms with Gasteiger partial charge in [-0.3, -0.25) is 4.79 Å². The Kier molecular flexibility index (Phi) is 3.83. The molecule has 116 valence electrons. The lowest BCUT2D eigenvalue weighted by Crippen LogP contribution is -2.47. The lowest BCUT2D eigenvalue weighted by atomic mass is 10.2. The number of carbonyl (C=O) groups is 1. The SMILES string of the molecule is NS(=O)(=O)c1cc(C(=O)NC2(C(F)(F)F)CC2)ccc1Br. The molecule has 0 aliphatic heterocycles. The Balaban J connectivity index is 2.30. The Morgan fingerprint density at radius 1 is 1.33 bits per heavy atom. The first-order chi connectivity index (χ1) is 9.46. The first-order valence-corrected chi connectivity index (χ1v) is 8.02. The molecule has 0 radical (unpaired) electrons. The van der Waals surface area contributed by atoms with Crippen LogP contribution < -0.4 is 10.5 Å². The Hall–Kier alpha value is -1.13. The van der Waals surface area contributed by atoms with E-state index in [4.69, 9.17) is 5.14 Å². The summed E-state index contributed by atoms with van der Waals surface area (Å²) < 4.78 is 61.1. The van der Waals surface area contributed by atoms with E-state index in [9.17, 15) is 26.4 Å². The van der Waals surface area contributed by atoms with Gasteiger partial charge in [-0.25, -0.2) is 13.6 Å². The van der Waals surface area contributed by atoms with Gasteiger partial charge in [-0.05, 0) is 47.0 Å². The number of benzene rings is 1. The van der Waals surface area contributed by atoms with Crippen molar-refractivity contribution in [2.75, 3.05) is 0 Å². The molecule has 0 unspecified atom stereocenters. The van der Waals surface area contributed by atoms with Crippen molar-refractivity contribution in [1.29, 1.82) is 0 Å². The molecule has 3 N–H and O–H groups in total. The summed E-state index contributed by atoms with van der Waals surface area (Å²) in [5.41, 5.74) is -2.42. The first kappa shape index (κ1) is 16.2. The van der Waals surface area contributed by atoms with E-state index in [0.29, 0.717) is 0 Å². The molecule has 2 rings (SSSR count). The highest BCUT2D eigenvalue weighted by Gasteiger charge is 2.64. The molecule has 1 aromatic carbocycles. The minimum atomic E-state index is -4.54. The molecule has 1 amide bonds. The number of primary sulfonamides is 1. The number of nitrogens with one attached hydrogen (secondary N) is 1. The second kappa shape index (κ2) is 4.96. The number of hydrogen-bond donors (Lipinski definition) is 2. The zero-order chi connectivity index (χ0) is 16.1. The number of halogens is 4. The lowest BCUT2D eigenvalue weighted by molar-refractivity contribution is -0.163. The van der Waals surface area contributed by atoms with Crippen molar-refractivity contribution < 1.29 is 26.4 Å². The predicted octanol–water partition coefficient (Wildman–Crippen LogP) is 1.92. The molecule has 0 heterocycles. The third-order valence-electron chi connectivity index (χ3n) is 3.15. The van der Waals surface area contributed by atoms with E-state index < -0.39 is 27.6 Å². The highest BCUT2D eigenvalue weighted by molar-refractivity contribution is 9.10. The van der Waals surface area contributed by atoms with Crippen LogP contribution >= 0.6 is 15.9 Å². The van der Waals surface area contributed by atoms with E-state index in [2.05, 4.69) is 15.9 Å². The van der Waals surface area contributed by atoms with Crippen LogP contribution in [-0.2, 0) is 10.0 Å². The molecule has 10 heteroatoms. The van der Waals surface area contributed by atoms with Crippen molar-refractivity contribution >= 4 is 31.9 Å². The van der Waals surface area contributed by atoms with Gasteiger partial charge in [0.05, 0.1) is 4.90 Å². The van der Waals surface area contributed by atoms with Gasteiger partial charge < -0.3 is 5.32 Å². The molecule has 1 saturated carbocycles. The number of hydrogen-bond acceptors (Lipinski definition) is 3. The van der Waals surface area contributed by atoms with Gasteiger partial charge in [-0.15, -0.1) is 0 Å². The molecule has 1 fully saturated rings. The fourth-order valence-corrected chi connectivity index (χ4v) is 3.31. The molecule has 0 aromatic heterocycles. The maximum Gasteiger partial charge on any atom is 0.411 e. The van der Waals surface area contributed by atoms with Gasteiger partial charge in [0.25, 0.3) is 5.91 Å². The summed E-state index contributed by atoms with van der Waals surface area (Å²) >= 11 is 2.95. The van der Waals surface area contributed by atoms with Crippen LogP contribution in [0.3, 0.4) is 0 Å². The second-order valence-corrected chi connectivity index (χ2v) is 7.11. The third-order valence-corrected chi connectivity index (χ3v) is 5.05. The molecule has 5 nitrogen and oxygen atoms in total. The molecule has 0 saturated heterocycles. The van der Waals surface area contributed by atoms with Gasteiger partial charge in [0, 0.05) is 10.0 Å². The zero-order valence-electron chi connectivity index (χ0n) is 10.4. The molecule has 0 spiro atoms. The highest BCUT2D eigenvalue weighted by Crippen LogP contribution is 2.49. The Labute approximate surface area is 126 Å². The van der Waals surface area contributed by atoms with Crippen LogP contribution in [0.5, 0.6) is 0 Å². The van der Waals surface area contributed by atoms with Gasteiger partial charge in [0.15, 0.2) is 0 Å². The van der Waals surface area contributed by atoms with Crippen LogP contribution in [0.25, 0.3) is 0 Å². The highest BCUT2D eigenvalue weighted by atomic mass is 79.9. The maximum atomic E-state index is 12.8. The summed E-state index contributed by atoms with van der Waals surface area (Å²) in [6.45, 7) is 0. The van der Waals surface area contributed by atoms with Crippen molar-refractivity contribution in [3.05, 3.63) is 28.2 Å². The Bertz CT molecular complexity index is 699. The standard InChI is InChI=1S/C11H10BrF3N2O3S/c12-7-2-1-6(5-8(7)21(16,19)20)9(18)17-10(3-4-10)11(13,14)15/h1-2,5H,3-4H2,(H,17,18)(H2,16,19,20). The van der Waals surface area contributed by atoms with Crippen LogP contribution in [0.1, 0.15) is 23.2 Å². The predicted molar refractivity (Wildman–Crippen MR) is 71.0 cm³/mol. The van der Waals surface area contributed by atoms with E-state index in [1.165, 1.54) is 12.1 Å². The molecule has 1 aliphatic rings. The van der Waals surface area contributed by atoms with Gasteiger partial charge in [0.2, 0.25) is 10.0 Å². The average molecular weight is 387 g/mol. The van der Waals surface area contributed by atoms with Gasteiger partial charge in [0.1, 0.15) is 5.54 Å². The average Bonchev–Trinajstić information content (AvgIpc) is 3.08. The summed E-state index contributed by atoms with van der Waals surface area (Å²) in [4.78, 5) is 11.5. The molecular formula is C11H10BrF3N2O3S. The number of nitrogens with two attached hydrogens (primary N) is 1. The van der Waals surface area contributed by atoms with Gasteiger partial charge in [-0.1, -0.05) is 0 Å². The number of carbonyl (C=O) groups excluding carboxylic acids is 1. The molecule has 1 aromatic rings. The van der Waals surface area contributed by atoms with Crippen LogP contribution in [0, 0.1) is 0 Å². The summed E-state index contributed by atoms with van der Waals surface area (Å²) in [5, 5.41) is 6.87. The van der Waals surface area contributed by atoms with Crippen LogP contribution in [-0.4, -0.2) is 26.0 Å². The van der Waals surface area contributed by atoms with E-state index in [1.54, 1.807) is 0 Å². The zero-order valence-corrected chi connectivity index (χ0v) is 12.8. The minimum absolute atomic E-state index is 0.124. The van der Waals surface area contributed by atoms with E-state index in [-0.39, 0.29) is 27.8 Å². The quantitative estimate of drug-likeness (QED) is 0.831. The van der Waals surface area contributed by atoms with Crippen molar-refractivity contribution in [3.8, 4) is 0 Å². The van der Waals surface area contributed by atoms with Crippen molar-refractivity contribution in [2.24, 2.45) is 5.14 Å². The fourth-order valence-electron chi connectivity index (χ4n) is 1.76. The topological polar surface area (TPSA) is 89.3 Å². The molecule has 1 aliphatic carbocycles. The fraction of sp³-hybridized carbons (Fsp3) is 0.364. The number of sulfonamides is 1. The third kappa shape index (κ3) is 3.22. The summed E-state index contributed by atoms with van der Waals surface area (Å²) in [5.74, 6) is -0.998. The molecular weight excluding hydrogens is 377 g/mol. The first-order valence-electron chi connectivity index (χ1n) is 5.68. The van der Waals surface area contributed by atoms with Crippen LogP contribution in [0.4, 0.5) is 13.2 Å². The molecule has 0 bridgehead atoms. The second-order valence-electron chi connectivity index (χ2n) is 4.72. The van der Waals surface area contributed by atoms with E-state index in [1.807, 2.05) is 5.32 Å². The summed E-state index contributed by atoms with van der Waals surface area (Å²) in [6, 6.07) is 3.38. The smallest absolute Gasteiger partial charge is 0.338 e. The molecule has 0 atom stereocenters. The largest absolute Gasteiger partial charge is 0.411 e. The van der Waals surface area contributed by atoms with Crippen LogP contribution in [0.2, 0.25) is 0 Å². The van der Waals surface area contributed by atoms with Crippen molar-refractivity contribution in [2.45, 2.75) is 29.5 Å². The minimum Gasteiger partial charge on any atom is -0.338 e. The number of amides is 1. The van der Waals surface area contributed by atoms with E-state index >= 15 is 0 Å². The number of alkyl halides is 3. The van der Waals surface area contributed by atoms with Crippen molar-refractivity contribution in [1.82, 2.24) is 5.32 Å². The Morgan fingerprint density at radius 3 is 2.33 bits per heavy atom.